The first kappa shape index (κ1) is 14.3. The van der Waals surface area contributed by atoms with E-state index in [9.17, 15) is 18.7 Å². The molecule has 0 aliphatic carbocycles. The van der Waals surface area contributed by atoms with Crippen LogP contribution in [-0.4, -0.2) is 11.0 Å². The monoisotopic (exact) mass is 342 g/mol. The minimum absolute atomic E-state index is 0.0799. The number of phenolic OH excluding ortho intramolecular Hbond substituents is 1. The number of amides is 1. The maximum atomic E-state index is 13.6. The molecule has 0 aromatic heterocycles. The molecule has 0 heterocycles. The standard InChI is InChI=1S/C13H9BrF2N2O2/c14-6-3-8(15)12(9(16)4-6)13(20)18-11-2-1-7(19)5-10(11)17/h1-5,19H,17H2,(H,18,20). The van der Waals surface area contributed by atoms with Crippen molar-refractivity contribution in [3.63, 3.8) is 0 Å². The Morgan fingerprint density at radius 1 is 1.20 bits per heavy atom. The summed E-state index contributed by atoms with van der Waals surface area (Å²) in [5, 5.41) is 11.5. The van der Waals surface area contributed by atoms with Gasteiger partial charge in [-0.05, 0) is 24.3 Å². The maximum absolute atomic E-state index is 13.6. The molecule has 20 heavy (non-hydrogen) atoms. The lowest BCUT2D eigenvalue weighted by atomic mass is 10.1. The highest BCUT2D eigenvalue weighted by molar-refractivity contribution is 9.10. The first-order chi connectivity index (χ1) is 9.38. The third kappa shape index (κ3) is 2.88. The van der Waals surface area contributed by atoms with Crippen molar-refractivity contribution in [3.8, 4) is 5.75 Å². The number of carbonyl (C=O) groups excluding carboxylic acids is 1. The lowest BCUT2D eigenvalue weighted by molar-refractivity contribution is 0.101. The third-order valence-electron chi connectivity index (χ3n) is 2.52. The molecule has 1 amide bonds. The summed E-state index contributed by atoms with van der Waals surface area (Å²) in [4.78, 5) is 11.9. The molecule has 0 radical (unpaired) electrons. The predicted octanol–water partition coefficient (Wildman–Crippen LogP) is 3.27. The summed E-state index contributed by atoms with van der Waals surface area (Å²) in [6, 6.07) is 5.80. The topological polar surface area (TPSA) is 75.3 Å². The molecule has 0 saturated carbocycles. The van der Waals surface area contributed by atoms with Gasteiger partial charge in [-0.15, -0.1) is 0 Å². The number of halogens is 3. The van der Waals surface area contributed by atoms with Crippen LogP contribution in [0.1, 0.15) is 10.4 Å². The van der Waals surface area contributed by atoms with Crippen molar-refractivity contribution in [1.29, 1.82) is 0 Å². The Kier molecular flexibility index (Phi) is 3.89. The molecular weight excluding hydrogens is 334 g/mol. The van der Waals surface area contributed by atoms with Crippen LogP contribution in [0, 0.1) is 11.6 Å². The van der Waals surface area contributed by atoms with E-state index in [-0.39, 0.29) is 21.6 Å². The van der Waals surface area contributed by atoms with Gasteiger partial charge in [0.2, 0.25) is 0 Å². The first-order valence-electron chi connectivity index (χ1n) is 5.43. The number of benzene rings is 2. The van der Waals surface area contributed by atoms with Gasteiger partial charge >= 0.3 is 0 Å². The molecule has 104 valence electrons. The Labute approximate surface area is 121 Å². The average Bonchev–Trinajstić information content (AvgIpc) is 2.31. The lowest BCUT2D eigenvalue weighted by Crippen LogP contribution is -2.16. The van der Waals surface area contributed by atoms with Gasteiger partial charge in [0.1, 0.15) is 22.9 Å². The molecule has 2 rings (SSSR count). The zero-order chi connectivity index (χ0) is 14.9. The zero-order valence-corrected chi connectivity index (χ0v) is 11.5. The summed E-state index contributed by atoms with van der Waals surface area (Å²) in [6.45, 7) is 0. The third-order valence-corrected chi connectivity index (χ3v) is 2.98. The van der Waals surface area contributed by atoms with E-state index in [1.807, 2.05) is 0 Å². The van der Waals surface area contributed by atoms with Crippen molar-refractivity contribution in [2.45, 2.75) is 0 Å². The fraction of sp³-hybridized carbons (Fsp3) is 0. The van der Waals surface area contributed by atoms with Crippen molar-refractivity contribution >= 4 is 33.2 Å². The molecule has 2 aromatic rings. The largest absolute Gasteiger partial charge is 0.508 e. The molecule has 7 heteroatoms. The molecule has 0 spiro atoms. The quantitative estimate of drug-likeness (QED) is 0.579. The van der Waals surface area contributed by atoms with Crippen molar-refractivity contribution in [2.24, 2.45) is 0 Å². The molecule has 2 aromatic carbocycles. The van der Waals surface area contributed by atoms with Gasteiger partial charge in [0.05, 0.1) is 11.4 Å². The lowest BCUT2D eigenvalue weighted by Gasteiger charge is -2.10. The second-order valence-corrected chi connectivity index (χ2v) is 4.89. The highest BCUT2D eigenvalue weighted by Crippen LogP contribution is 2.25. The van der Waals surface area contributed by atoms with Crippen molar-refractivity contribution in [1.82, 2.24) is 0 Å². The number of nitrogens with one attached hydrogen (secondary N) is 1. The minimum atomic E-state index is -0.994. The Morgan fingerprint density at radius 3 is 2.35 bits per heavy atom. The summed E-state index contributed by atoms with van der Waals surface area (Å²) >= 11 is 2.92. The van der Waals surface area contributed by atoms with Crippen LogP contribution in [0.5, 0.6) is 5.75 Å². The maximum Gasteiger partial charge on any atom is 0.261 e. The zero-order valence-electron chi connectivity index (χ0n) is 9.95. The van der Waals surface area contributed by atoms with Crippen molar-refractivity contribution in [2.75, 3.05) is 11.1 Å². The van der Waals surface area contributed by atoms with Crippen LogP contribution in [0.25, 0.3) is 0 Å². The number of hydrogen-bond donors (Lipinski definition) is 3. The number of carbonyl (C=O) groups is 1. The molecule has 0 aliphatic heterocycles. The van der Waals surface area contributed by atoms with Crippen LogP contribution >= 0.6 is 15.9 Å². The van der Waals surface area contributed by atoms with E-state index in [0.29, 0.717) is 0 Å². The highest BCUT2D eigenvalue weighted by atomic mass is 79.9. The summed E-state index contributed by atoms with van der Waals surface area (Å²) in [5.74, 6) is -3.04. The van der Waals surface area contributed by atoms with Gasteiger partial charge in [0, 0.05) is 10.5 Å². The summed E-state index contributed by atoms with van der Waals surface area (Å²) in [6.07, 6.45) is 0. The van der Waals surface area contributed by atoms with Gasteiger partial charge < -0.3 is 16.2 Å². The minimum Gasteiger partial charge on any atom is -0.508 e. The summed E-state index contributed by atoms with van der Waals surface area (Å²) < 4.78 is 27.4. The molecule has 0 fully saturated rings. The molecule has 0 bridgehead atoms. The predicted molar refractivity (Wildman–Crippen MR) is 74.5 cm³/mol. The van der Waals surface area contributed by atoms with Crippen LogP contribution in [0.4, 0.5) is 20.2 Å². The normalized spacial score (nSPS) is 10.3. The molecule has 4 nitrogen and oxygen atoms in total. The second kappa shape index (κ2) is 5.46. The number of hydrogen-bond acceptors (Lipinski definition) is 3. The van der Waals surface area contributed by atoms with Crippen LogP contribution in [0.3, 0.4) is 0 Å². The average molecular weight is 343 g/mol. The van der Waals surface area contributed by atoms with Gasteiger partial charge in [-0.3, -0.25) is 4.79 Å². The summed E-state index contributed by atoms with van der Waals surface area (Å²) in [7, 11) is 0. The van der Waals surface area contributed by atoms with E-state index < -0.39 is 23.1 Å². The molecule has 0 unspecified atom stereocenters. The van der Waals surface area contributed by atoms with Crippen LogP contribution in [-0.2, 0) is 0 Å². The number of aromatic hydroxyl groups is 1. The molecule has 0 saturated heterocycles. The molecule has 4 N–H and O–H groups in total. The van der Waals surface area contributed by atoms with Gasteiger partial charge in [-0.2, -0.15) is 0 Å². The number of anilines is 2. The second-order valence-electron chi connectivity index (χ2n) is 3.97. The fourth-order valence-electron chi connectivity index (χ4n) is 1.61. The summed E-state index contributed by atoms with van der Waals surface area (Å²) in [5.41, 5.74) is 5.10. The first-order valence-corrected chi connectivity index (χ1v) is 6.22. The highest BCUT2D eigenvalue weighted by Gasteiger charge is 2.19. The van der Waals surface area contributed by atoms with E-state index in [1.54, 1.807) is 0 Å². The smallest absolute Gasteiger partial charge is 0.261 e. The number of rotatable bonds is 2. The number of nitrogen functional groups attached to an aromatic ring is 1. The SMILES string of the molecule is Nc1cc(O)ccc1NC(=O)c1c(F)cc(Br)cc1F. The van der Waals surface area contributed by atoms with Gasteiger partial charge in [0.25, 0.3) is 5.91 Å². The Morgan fingerprint density at radius 2 is 1.80 bits per heavy atom. The van der Waals surface area contributed by atoms with E-state index >= 15 is 0 Å². The van der Waals surface area contributed by atoms with Gasteiger partial charge in [-0.25, -0.2) is 8.78 Å². The van der Waals surface area contributed by atoms with E-state index in [4.69, 9.17) is 5.73 Å². The van der Waals surface area contributed by atoms with Crippen LogP contribution in [0.2, 0.25) is 0 Å². The van der Waals surface area contributed by atoms with Gasteiger partial charge in [0.15, 0.2) is 0 Å². The number of phenols is 1. The Bertz CT molecular complexity index is 669. The molecule has 0 atom stereocenters. The van der Waals surface area contributed by atoms with Crippen molar-refractivity contribution < 1.29 is 18.7 Å². The van der Waals surface area contributed by atoms with Crippen molar-refractivity contribution in [3.05, 3.63) is 52.0 Å². The Balaban J connectivity index is 2.33. The van der Waals surface area contributed by atoms with Gasteiger partial charge in [-0.1, -0.05) is 15.9 Å². The number of nitrogens with two attached hydrogens (primary N) is 1. The van der Waals surface area contributed by atoms with E-state index in [1.165, 1.54) is 18.2 Å². The van der Waals surface area contributed by atoms with E-state index in [0.717, 1.165) is 12.1 Å². The van der Waals surface area contributed by atoms with Crippen LogP contribution in [0.15, 0.2) is 34.8 Å². The fourth-order valence-corrected chi connectivity index (χ4v) is 2.01. The molecule has 0 aliphatic rings. The Hall–Kier alpha value is -2.15. The molecular formula is C13H9BrF2N2O2. The van der Waals surface area contributed by atoms with Crippen LogP contribution < -0.4 is 11.1 Å². The van der Waals surface area contributed by atoms with E-state index in [2.05, 4.69) is 21.2 Å².